The SMILES string of the molecule is O=C(O)Cc1csc(SCc2ccccc2[N+](=O)[O-])n1. The number of carboxylic acid groups (broad SMARTS) is 1. The van der Waals surface area contributed by atoms with Crippen LogP contribution in [0.4, 0.5) is 5.69 Å². The average Bonchev–Trinajstić information content (AvgIpc) is 2.83. The number of nitro benzene ring substituents is 1. The van der Waals surface area contributed by atoms with Crippen molar-refractivity contribution in [3.63, 3.8) is 0 Å². The van der Waals surface area contributed by atoms with Gasteiger partial charge in [0.1, 0.15) is 4.34 Å². The summed E-state index contributed by atoms with van der Waals surface area (Å²) in [6, 6.07) is 6.55. The van der Waals surface area contributed by atoms with Gasteiger partial charge in [-0.15, -0.1) is 11.3 Å². The van der Waals surface area contributed by atoms with Crippen molar-refractivity contribution in [2.75, 3.05) is 0 Å². The minimum Gasteiger partial charge on any atom is -0.481 e. The maximum atomic E-state index is 10.9. The fraction of sp³-hybridized carbons (Fsp3) is 0.167. The molecule has 0 radical (unpaired) electrons. The van der Waals surface area contributed by atoms with E-state index in [0.717, 1.165) is 0 Å². The quantitative estimate of drug-likeness (QED) is 0.501. The standard InChI is InChI=1S/C12H10N2O4S2/c15-11(16)5-9-7-20-12(13-9)19-6-8-3-1-2-4-10(8)14(17)18/h1-4,7H,5-6H2,(H,15,16). The predicted octanol–water partition coefficient (Wildman–Crippen LogP) is 2.97. The monoisotopic (exact) mass is 310 g/mol. The van der Waals surface area contributed by atoms with Gasteiger partial charge in [0.25, 0.3) is 5.69 Å². The van der Waals surface area contributed by atoms with Gasteiger partial charge >= 0.3 is 5.97 Å². The molecule has 0 saturated carbocycles. The number of carbonyl (C=O) groups is 1. The van der Waals surface area contributed by atoms with Gasteiger partial charge in [0.2, 0.25) is 0 Å². The lowest BCUT2D eigenvalue weighted by Gasteiger charge is -2.00. The molecule has 8 heteroatoms. The summed E-state index contributed by atoms with van der Waals surface area (Å²) in [4.78, 5) is 25.2. The molecule has 0 aliphatic rings. The van der Waals surface area contributed by atoms with Crippen molar-refractivity contribution in [3.05, 3.63) is 51.0 Å². The van der Waals surface area contributed by atoms with Gasteiger partial charge in [0.05, 0.1) is 17.0 Å². The van der Waals surface area contributed by atoms with Crippen molar-refractivity contribution in [3.8, 4) is 0 Å². The van der Waals surface area contributed by atoms with Crippen molar-refractivity contribution in [1.82, 2.24) is 4.98 Å². The largest absolute Gasteiger partial charge is 0.481 e. The van der Waals surface area contributed by atoms with Crippen LogP contribution in [-0.2, 0) is 17.0 Å². The number of thioether (sulfide) groups is 1. The van der Waals surface area contributed by atoms with Crippen molar-refractivity contribution >= 4 is 34.8 Å². The fourth-order valence-corrected chi connectivity index (χ4v) is 3.38. The highest BCUT2D eigenvalue weighted by atomic mass is 32.2. The molecule has 1 aromatic carbocycles. The van der Waals surface area contributed by atoms with Gasteiger partial charge in [0.15, 0.2) is 0 Å². The van der Waals surface area contributed by atoms with E-state index in [-0.39, 0.29) is 12.1 Å². The molecule has 1 aromatic heterocycles. The first-order chi connectivity index (χ1) is 9.56. The molecule has 2 aromatic rings. The van der Waals surface area contributed by atoms with E-state index < -0.39 is 10.9 Å². The molecular formula is C12H10N2O4S2. The highest BCUT2D eigenvalue weighted by Gasteiger charge is 2.13. The molecule has 0 saturated heterocycles. The van der Waals surface area contributed by atoms with Crippen molar-refractivity contribution in [2.24, 2.45) is 0 Å². The second kappa shape index (κ2) is 6.49. The van der Waals surface area contributed by atoms with E-state index in [0.29, 0.717) is 21.3 Å². The highest BCUT2D eigenvalue weighted by molar-refractivity contribution is 8.00. The van der Waals surface area contributed by atoms with Crippen LogP contribution in [0.15, 0.2) is 34.0 Å². The van der Waals surface area contributed by atoms with Crippen LogP contribution in [0.5, 0.6) is 0 Å². The van der Waals surface area contributed by atoms with Gasteiger partial charge in [-0.05, 0) is 0 Å². The number of carboxylic acids is 1. The molecule has 1 heterocycles. The lowest BCUT2D eigenvalue weighted by Crippen LogP contribution is -1.99. The molecule has 0 aliphatic heterocycles. The number of nitro groups is 1. The Morgan fingerprint density at radius 1 is 1.45 bits per heavy atom. The van der Waals surface area contributed by atoms with E-state index >= 15 is 0 Å². The molecule has 1 N–H and O–H groups in total. The van der Waals surface area contributed by atoms with Crippen LogP contribution < -0.4 is 0 Å². The zero-order valence-electron chi connectivity index (χ0n) is 10.2. The number of benzene rings is 1. The Balaban J connectivity index is 2.04. The lowest BCUT2D eigenvalue weighted by atomic mass is 10.2. The van der Waals surface area contributed by atoms with Crippen molar-refractivity contribution in [2.45, 2.75) is 16.5 Å². The van der Waals surface area contributed by atoms with Crippen LogP contribution in [0, 0.1) is 10.1 Å². The topological polar surface area (TPSA) is 93.3 Å². The number of nitrogens with zero attached hydrogens (tertiary/aromatic N) is 2. The second-order valence-electron chi connectivity index (χ2n) is 3.85. The summed E-state index contributed by atoms with van der Waals surface area (Å²) < 4.78 is 0.708. The third kappa shape index (κ3) is 3.78. The minimum atomic E-state index is -0.925. The molecule has 0 atom stereocenters. The predicted molar refractivity (Wildman–Crippen MR) is 76.1 cm³/mol. The molecule has 0 spiro atoms. The van der Waals surface area contributed by atoms with Crippen LogP contribution in [0.25, 0.3) is 0 Å². The molecule has 6 nitrogen and oxygen atoms in total. The van der Waals surface area contributed by atoms with Gasteiger partial charge in [-0.2, -0.15) is 0 Å². The van der Waals surface area contributed by atoms with Gasteiger partial charge in [-0.3, -0.25) is 14.9 Å². The first kappa shape index (κ1) is 14.5. The summed E-state index contributed by atoms with van der Waals surface area (Å²) in [5, 5.41) is 21.2. The van der Waals surface area contributed by atoms with E-state index in [1.54, 1.807) is 23.6 Å². The molecule has 104 valence electrons. The van der Waals surface area contributed by atoms with Gasteiger partial charge < -0.3 is 5.11 Å². The fourth-order valence-electron chi connectivity index (χ4n) is 1.54. The van der Waals surface area contributed by atoms with E-state index in [4.69, 9.17) is 5.11 Å². The second-order valence-corrected chi connectivity index (χ2v) is 5.93. The zero-order valence-corrected chi connectivity index (χ0v) is 11.8. The van der Waals surface area contributed by atoms with Gasteiger partial charge in [-0.1, -0.05) is 30.0 Å². The molecule has 0 amide bonds. The summed E-state index contributed by atoms with van der Waals surface area (Å²) in [6.45, 7) is 0. The van der Waals surface area contributed by atoms with Gasteiger partial charge in [0, 0.05) is 22.8 Å². The summed E-state index contributed by atoms with van der Waals surface area (Å²) in [5.41, 5.74) is 1.22. The van der Waals surface area contributed by atoms with E-state index in [9.17, 15) is 14.9 Å². The third-order valence-corrected chi connectivity index (χ3v) is 4.52. The van der Waals surface area contributed by atoms with Gasteiger partial charge in [-0.25, -0.2) is 4.98 Å². The average molecular weight is 310 g/mol. The Hall–Kier alpha value is -1.93. The Morgan fingerprint density at radius 3 is 2.90 bits per heavy atom. The summed E-state index contributed by atoms with van der Waals surface area (Å²) in [6.07, 6.45) is -0.109. The van der Waals surface area contributed by atoms with Crippen molar-refractivity contribution < 1.29 is 14.8 Å². The molecule has 0 bridgehead atoms. The van der Waals surface area contributed by atoms with E-state index in [1.165, 1.54) is 29.2 Å². The minimum absolute atomic E-state index is 0.0855. The number of rotatable bonds is 6. The van der Waals surface area contributed by atoms with Crippen molar-refractivity contribution in [1.29, 1.82) is 0 Å². The summed E-state index contributed by atoms with van der Waals surface area (Å²) in [7, 11) is 0. The Bertz CT molecular complexity index is 642. The maximum absolute atomic E-state index is 10.9. The zero-order chi connectivity index (χ0) is 14.5. The highest BCUT2D eigenvalue weighted by Crippen LogP contribution is 2.29. The number of para-hydroxylation sites is 1. The first-order valence-corrected chi connectivity index (χ1v) is 7.44. The van der Waals surface area contributed by atoms with Crippen LogP contribution in [0.3, 0.4) is 0 Å². The Morgan fingerprint density at radius 2 is 2.20 bits per heavy atom. The normalized spacial score (nSPS) is 10.4. The Labute approximate surface area is 122 Å². The number of hydrogen-bond acceptors (Lipinski definition) is 6. The lowest BCUT2D eigenvalue weighted by molar-refractivity contribution is -0.385. The van der Waals surface area contributed by atoms with Crippen LogP contribution in [0.2, 0.25) is 0 Å². The molecular weight excluding hydrogens is 300 g/mol. The van der Waals surface area contributed by atoms with E-state index in [2.05, 4.69) is 4.98 Å². The number of thiazole rings is 1. The summed E-state index contributed by atoms with van der Waals surface area (Å²) in [5.74, 6) is -0.498. The van der Waals surface area contributed by atoms with Crippen LogP contribution >= 0.6 is 23.1 Å². The van der Waals surface area contributed by atoms with E-state index in [1.807, 2.05) is 0 Å². The smallest absolute Gasteiger partial charge is 0.309 e. The molecule has 20 heavy (non-hydrogen) atoms. The molecule has 0 aliphatic carbocycles. The van der Waals surface area contributed by atoms with Crippen LogP contribution in [0.1, 0.15) is 11.3 Å². The maximum Gasteiger partial charge on any atom is 0.309 e. The first-order valence-electron chi connectivity index (χ1n) is 5.57. The molecule has 0 unspecified atom stereocenters. The third-order valence-electron chi connectivity index (χ3n) is 2.40. The van der Waals surface area contributed by atoms with Crippen LogP contribution in [-0.4, -0.2) is 21.0 Å². The Kier molecular flexibility index (Phi) is 4.70. The summed E-state index contributed by atoms with van der Waals surface area (Å²) >= 11 is 2.71. The molecule has 2 rings (SSSR count). The number of hydrogen-bond donors (Lipinski definition) is 1. The number of aromatic nitrogens is 1. The number of aliphatic carboxylic acids is 1. The molecule has 0 fully saturated rings.